The van der Waals surface area contributed by atoms with Gasteiger partial charge in [-0.25, -0.2) is 0 Å². The van der Waals surface area contributed by atoms with Crippen LogP contribution in [0.5, 0.6) is 0 Å². The first kappa shape index (κ1) is 22.0. The van der Waals surface area contributed by atoms with E-state index in [1.54, 1.807) is 18.2 Å². The lowest BCUT2D eigenvalue weighted by atomic mass is 9.72. The van der Waals surface area contributed by atoms with E-state index in [9.17, 15) is 9.59 Å². The summed E-state index contributed by atoms with van der Waals surface area (Å²) in [5.74, 6) is 0.242. The summed E-state index contributed by atoms with van der Waals surface area (Å²) in [5, 5.41) is 0. The average Bonchev–Trinajstić information content (AvgIpc) is 2.78. The van der Waals surface area contributed by atoms with Gasteiger partial charge in [0.1, 0.15) is 0 Å². The van der Waals surface area contributed by atoms with Crippen LogP contribution in [0.1, 0.15) is 24.8 Å². The van der Waals surface area contributed by atoms with Crippen molar-refractivity contribution in [1.29, 1.82) is 0 Å². The number of pyridine rings is 1. The maximum Gasteiger partial charge on any atom is 0.228 e. The highest BCUT2D eigenvalue weighted by Gasteiger charge is 2.43. The van der Waals surface area contributed by atoms with Gasteiger partial charge >= 0.3 is 0 Å². The number of likely N-dealkylation sites (tertiary alicyclic amines) is 1. The van der Waals surface area contributed by atoms with E-state index < -0.39 is 5.41 Å². The van der Waals surface area contributed by atoms with Crippen LogP contribution in [0.2, 0.25) is 0 Å². The van der Waals surface area contributed by atoms with Gasteiger partial charge in [0.05, 0.1) is 18.4 Å². The molecule has 1 aromatic carbocycles. The second kappa shape index (κ2) is 9.85. The minimum absolute atomic E-state index is 0.101. The molecule has 0 N–H and O–H groups in total. The molecular weight excluding hydrogens is 378 g/mol. The van der Waals surface area contributed by atoms with E-state index in [1.165, 1.54) is 0 Å². The van der Waals surface area contributed by atoms with Gasteiger partial charge in [-0.15, -0.1) is 0 Å². The molecule has 0 saturated carbocycles. The van der Waals surface area contributed by atoms with Crippen LogP contribution < -0.4 is 0 Å². The molecule has 6 nitrogen and oxygen atoms in total. The van der Waals surface area contributed by atoms with E-state index in [2.05, 4.69) is 29.2 Å². The molecule has 0 radical (unpaired) electrons. The van der Waals surface area contributed by atoms with Crippen molar-refractivity contribution in [2.75, 3.05) is 40.9 Å². The molecule has 1 fully saturated rings. The van der Waals surface area contributed by atoms with Gasteiger partial charge in [-0.3, -0.25) is 14.6 Å². The summed E-state index contributed by atoms with van der Waals surface area (Å²) in [4.78, 5) is 33.2. The molecule has 3 rings (SSSR count). The molecule has 0 atom stereocenters. The van der Waals surface area contributed by atoms with Crippen molar-refractivity contribution >= 4 is 11.8 Å². The number of benzene rings is 1. The van der Waals surface area contributed by atoms with E-state index in [4.69, 9.17) is 4.74 Å². The van der Waals surface area contributed by atoms with Gasteiger partial charge in [0.25, 0.3) is 0 Å². The van der Waals surface area contributed by atoms with Crippen LogP contribution in [0.3, 0.4) is 0 Å². The van der Waals surface area contributed by atoms with Gasteiger partial charge in [0.15, 0.2) is 0 Å². The minimum Gasteiger partial charge on any atom is -0.384 e. The minimum atomic E-state index is -0.475. The van der Waals surface area contributed by atoms with Crippen LogP contribution >= 0.6 is 0 Å². The molecule has 0 aliphatic carbocycles. The Morgan fingerprint density at radius 2 is 1.80 bits per heavy atom. The molecule has 1 aliphatic heterocycles. The fourth-order valence-electron chi connectivity index (χ4n) is 4.21. The summed E-state index contributed by atoms with van der Waals surface area (Å²) < 4.78 is 5.02. The first-order valence-corrected chi connectivity index (χ1v) is 10.4. The largest absolute Gasteiger partial charge is 0.384 e. The molecule has 1 aliphatic rings. The number of rotatable bonds is 7. The maximum atomic E-state index is 13.2. The zero-order valence-electron chi connectivity index (χ0n) is 18.1. The number of carbonyl (C=O) groups excluding carboxylic acids is 2. The third-order valence-electron chi connectivity index (χ3n) is 5.94. The summed E-state index contributed by atoms with van der Waals surface area (Å²) >= 11 is 0. The van der Waals surface area contributed by atoms with Crippen molar-refractivity contribution in [2.45, 2.75) is 25.7 Å². The number of hydrogen-bond acceptors (Lipinski definition) is 4. The Balaban J connectivity index is 1.74. The van der Waals surface area contributed by atoms with Gasteiger partial charge < -0.3 is 14.5 Å². The SMILES string of the molecule is COCCC(=O)N1CCC(Cc2ccc(-c3cccnc3)cc2)(C(=O)N(C)C)CC1. The molecule has 1 saturated heterocycles. The highest BCUT2D eigenvalue weighted by Crippen LogP contribution is 2.37. The summed E-state index contributed by atoms with van der Waals surface area (Å²) in [6.07, 6.45) is 6.03. The number of hydrogen-bond donors (Lipinski definition) is 0. The monoisotopic (exact) mass is 409 g/mol. The lowest BCUT2D eigenvalue weighted by Crippen LogP contribution is -2.51. The zero-order valence-corrected chi connectivity index (χ0v) is 18.1. The fourth-order valence-corrected chi connectivity index (χ4v) is 4.21. The first-order valence-electron chi connectivity index (χ1n) is 10.4. The maximum absolute atomic E-state index is 13.2. The summed E-state index contributed by atoms with van der Waals surface area (Å²) in [5.41, 5.74) is 2.85. The molecule has 30 heavy (non-hydrogen) atoms. The molecule has 160 valence electrons. The molecule has 0 spiro atoms. The van der Waals surface area contributed by atoms with Crippen LogP contribution in [0.25, 0.3) is 11.1 Å². The number of ether oxygens (including phenoxy) is 1. The Bertz CT molecular complexity index is 842. The number of amides is 2. The van der Waals surface area contributed by atoms with Gasteiger partial charge in [0, 0.05) is 46.7 Å². The quantitative estimate of drug-likeness (QED) is 0.705. The molecule has 0 unspecified atom stereocenters. The molecule has 2 aromatic rings. The van der Waals surface area contributed by atoms with E-state index in [0.717, 1.165) is 16.7 Å². The van der Waals surface area contributed by atoms with E-state index in [0.29, 0.717) is 45.4 Å². The van der Waals surface area contributed by atoms with E-state index >= 15 is 0 Å². The number of methoxy groups -OCH3 is 1. The molecule has 0 bridgehead atoms. The van der Waals surface area contributed by atoms with Crippen molar-refractivity contribution in [2.24, 2.45) is 5.41 Å². The van der Waals surface area contributed by atoms with Crippen molar-refractivity contribution in [3.8, 4) is 11.1 Å². The first-order chi connectivity index (χ1) is 14.4. The third-order valence-corrected chi connectivity index (χ3v) is 5.94. The Kier molecular flexibility index (Phi) is 7.21. The highest BCUT2D eigenvalue weighted by molar-refractivity contribution is 5.83. The fraction of sp³-hybridized carbons (Fsp3) is 0.458. The van der Waals surface area contributed by atoms with Crippen molar-refractivity contribution in [1.82, 2.24) is 14.8 Å². The normalized spacial score (nSPS) is 15.6. The number of carbonyl (C=O) groups is 2. The topological polar surface area (TPSA) is 62.7 Å². The van der Waals surface area contributed by atoms with Crippen LogP contribution in [0.4, 0.5) is 0 Å². The van der Waals surface area contributed by atoms with Gasteiger partial charge in [0.2, 0.25) is 11.8 Å². The molecule has 2 heterocycles. The van der Waals surface area contributed by atoms with Gasteiger partial charge in [-0.05, 0) is 42.0 Å². The Morgan fingerprint density at radius 3 is 2.37 bits per heavy atom. The molecule has 2 amide bonds. The van der Waals surface area contributed by atoms with Crippen LogP contribution in [-0.2, 0) is 20.7 Å². The standard InChI is InChI=1S/C24H31N3O3/c1-26(2)23(29)24(11-14-27(15-12-24)22(28)10-16-30-3)17-19-6-8-20(9-7-19)21-5-4-13-25-18-21/h4-9,13,18H,10-12,14-17H2,1-3H3. The second-order valence-electron chi connectivity index (χ2n) is 8.22. The average molecular weight is 410 g/mol. The summed E-state index contributed by atoms with van der Waals surface area (Å²) in [7, 11) is 5.22. The van der Waals surface area contributed by atoms with Crippen LogP contribution in [-0.4, -0.2) is 67.5 Å². The Labute approximate surface area is 178 Å². The van der Waals surface area contributed by atoms with Crippen LogP contribution in [0, 0.1) is 5.41 Å². The summed E-state index contributed by atoms with van der Waals surface area (Å²) in [6, 6.07) is 12.3. The lowest BCUT2D eigenvalue weighted by molar-refractivity contribution is -0.146. The predicted molar refractivity (Wildman–Crippen MR) is 117 cm³/mol. The van der Waals surface area contributed by atoms with Gasteiger partial charge in [-0.1, -0.05) is 30.3 Å². The number of aromatic nitrogens is 1. The zero-order chi connectivity index (χ0) is 21.6. The Hall–Kier alpha value is -2.73. The van der Waals surface area contributed by atoms with Crippen molar-refractivity contribution in [3.05, 3.63) is 54.4 Å². The van der Waals surface area contributed by atoms with Crippen molar-refractivity contribution < 1.29 is 14.3 Å². The summed E-state index contributed by atoms with van der Waals surface area (Å²) in [6.45, 7) is 1.65. The number of piperidine rings is 1. The van der Waals surface area contributed by atoms with Crippen LogP contribution in [0.15, 0.2) is 48.8 Å². The molecule has 1 aromatic heterocycles. The smallest absolute Gasteiger partial charge is 0.228 e. The van der Waals surface area contributed by atoms with E-state index in [-0.39, 0.29) is 11.8 Å². The predicted octanol–water partition coefficient (Wildman–Crippen LogP) is 3.02. The van der Waals surface area contributed by atoms with Crippen molar-refractivity contribution in [3.63, 3.8) is 0 Å². The number of nitrogens with zero attached hydrogens (tertiary/aromatic N) is 3. The molecule has 6 heteroatoms. The van der Waals surface area contributed by atoms with Gasteiger partial charge in [-0.2, -0.15) is 0 Å². The lowest BCUT2D eigenvalue weighted by Gasteiger charge is -2.42. The second-order valence-corrected chi connectivity index (χ2v) is 8.22. The van der Waals surface area contributed by atoms with E-state index in [1.807, 2.05) is 37.3 Å². The highest BCUT2D eigenvalue weighted by atomic mass is 16.5. The Morgan fingerprint density at radius 1 is 1.10 bits per heavy atom. The third kappa shape index (κ3) is 5.05. The molecular formula is C24H31N3O3.